The number of hydrogen-bond donors (Lipinski definition) is 2. The quantitative estimate of drug-likeness (QED) is 0.815. The van der Waals surface area contributed by atoms with E-state index in [0.29, 0.717) is 17.8 Å². The number of nitrogens with one attached hydrogen (secondary N) is 2. The third kappa shape index (κ3) is 6.04. The summed E-state index contributed by atoms with van der Waals surface area (Å²) in [4.78, 5) is 25.5. The standard InChI is InChI=1S/C20H25N3O2/c1-15(24)22-18-11-9-17(10-12-18)20(25)21-14-19(23(2)3)13-16-7-5-4-6-8-16/h4-12,19H,13-14H2,1-3H3,(H,21,25)(H,22,24). The Morgan fingerprint density at radius 1 is 1.00 bits per heavy atom. The number of amides is 2. The average molecular weight is 339 g/mol. The molecular weight excluding hydrogens is 314 g/mol. The summed E-state index contributed by atoms with van der Waals surface area (Å²) in [6, 6.07) is 17.3. The van der Waals surface area contributed by atoms with Crippen LogP contribution in [0.25, 0.3) is 0 Å². The smallest absolute Gasteiger partial charge is 0.251 e. The van der Waals surface area contributed by atoms with Crippen molar-refractivity contribution in [2.24, 2.45) is 0 Å². The number of benzene rings is 2. The van der Waals surface area contributed by atoms with Gasteiger partial charge < -0.3 is 15.5 Å². The van der Waals surface area contributed by atoms with Crippen LogP contribution >= 0.6 is 0 Å². The van der Waals surface area contributed by atoms with Gasteiger partial charge >= 0.3 is 0 Å². The number of nitrogens with zero attached hydrogens (tertiary/aromatic N) is 1. The molecule has 0 heterocycles. The summed E-state index contributed by atoms with van der Waals surface area (Å²) in [5.41, 5.74) is 2.50. The number of carbonyl (C=O) groups excluding carboxylic acids is 2. The normalized spacial score (nSPS) is 11.8. The van der Waals surface area contributed by atoms with Gasteiger partial charge in [-0.15, -0.1) is 0 Å². The van der Waals surface area contributed by atoms with Gasteiger partial charge in [-0.3, -0.25) is 9.59 Å². The van der Waals surface area contributed by atoms with Crippen LogP contribution in [0.5, 0.6) is 0 Å². The van der Waals surface area contributed by atoms with Crippen LogP contribution in [0.15, 0.2) is 54.6 Å². The van der Waals surface area contributed by atoms with Crippen molar-refractivity contribution in [2.45, 2.75) is 19.4 Å². The van der Waals surface area contributed by atoms with Crippen LogP contribution in [-0.4, -0.2) is 43.4 Å². The fraction of sp³-hybridized carbons (Fsp3) is 0.300. The van der Waals surface area contributed by atoms with E-state index < -0.39 is 0 Å². The fourth-order valence-corrected chi connectivity index (χ4v) is 2.54. The first-order chi connectivity index (χ1) is 12.0. The molecule has 0 aromatic heterocycles. The zero-order valence-electron chi connectivity index (χ0n) is 15.0. The van der Waals surface area contributed by atoms with Gasteiger partial charge in [0.1, 0.15) is 0 Å². The number of likely N-dealkylation sites (N-methyl/N-ethyl adjacent to an activating group) is 1. The zero-order valence-corrected chi connectivity index (χ0v) is 15.0. The minimum absolute atomic E-state index is 0.116. The molecule has 5 heteroatoms. The molecule has 0 radical (unpaired) electrons. The molecule has 0 spiro atoms. The predicted octanol–water partition coefficient (Wildman–Crippen LogP) is 2.55. The molecular formula is C20H25N3O2. The predicted molar refractivity (Wildman–Crippen MR) is 101 cm³/mol. The number of hydrogen-bond acceptors (Lipinski definition) is 3. The summed E-state index contributed by atoms with van der Waals surface area (Å²) in [6.45, 7) is 2.02. The molecule has 2 rings (SSSR count). The van der Waals surface area contributed by atoms with E-state index in [9.17, 15) is 9.59 Å². The molecule has 0 aliphatic rings. The highest BCUT2D eigenvalue weighted by molar-refractivity contribution is 5.95. The molecule has 0 bridgehead atoms. The summed E-state index contributed by atoms with van der Waals surface area (Å²) in [5.74, 6) is -0.249. The second-order valence-corrected chi connectivity index (χ2v) is 6.28. The van der Waals surface area contributed by atoms with Gasteiger partial charge in [0, 0.05) is 30.8 Å². The van der Waals surface area contributed by atoms with Gasteiger partial charge in [0.25, 0.3) is 5.91 Å². The first kappa shape index (κ1) is 18.7. The van der Waals surface area contributed by atoms with E-state index in [-0.39, 0.29) is 17.9 Å². The molecule has 1 unspecified atom stereocenters. The van der Waals surface area contributed by atoms with Crippen LogP contribution in [0.1, 0.15) is 22.8 Å². The molecule has 0 saturated heterocycles. The van der Waals surface area contributed by atoms with E-state index in [4.69, 9.17) is 0 Å². The summed E-state index contributed by atoms with van der Waals surface area (Å²) >= 11 is 0. The van der Waals surface area contributed by atoms with Gasteiger partial charge in [-0.1, -0.05) is 30.3 Å². The van der Waals surface area contributed by atoms with Crippen LogP contribution in [0.2, 0.25) is 0 Å². The van der Waals surface area contributed by atoms with Crippen molar-refractivity contribution >= 4 is 17.5 Å². The van der Waals surface area contributed by atoms with Crippen LogP contribution in [-0.2, 0) is 11.2 Å². The van der Waals surface area contributed by atoms with Gasteiger partial charge in [-0.25, -0.2) is 0 Å². The molecule has 2 N–H and O–H groups in total. The van der Waals surface area contributed by atoms with E-state index in [1.807, 2.05) is 32.3 Å². The van der Waals surface area contributed by atoms with Crippen molar-refractivity contribution in [2.75, 3.05) is 26.0 Å². The lowest BCUT2D eigenvalue weighted by Crippen LogP contribution is -2.41. The maximum absolute atomic E-state index is 12.3. The van der Waals surface area contributed by atoms with Crippen LogP contribution in [0.4, 0.5) is 5.69 Å². The molecule has 2 amide bonds. The monoisotopic (exact) mass is 339 g/mol. The molecule has 2 aromatic carbocycles. The van der Waals surface area contributed by atoms with E-state index >= 15 is 0 Å². The first-order valence-corrected chi connectivity index (χ1v) is 8.32. The van der Waals surface area contributed by atoms with Gasteiger partial charge in [0.15, 0.2) is 0 Å². The molecule has 0 fully saturated rings. The van der Waals surface area contributed by atoms with Crippen LogP contribution in [0.3, 0.4) is 0 Å². The summed E-state index contributed by atoms with van der Waals surface area (Å²) < 4.78 is 0. The molecule has 1 atom stereocenters. The van der Waals surface area contributed by atoms with Crippen LogP contribution in [0, 0.1) is 0 Å². The largest absolute Gasteiger partial charge is 0.350 e. The SMILES string of the molecule is CC(=O)Nc1ccc(C(=O)NCC(Cc2ccccc2)N(C)C)cc1. The van der Waals surface area contributed by atoms with E-state index in [2.05, 4.69) is 27.7 Å². The second-order valence-electron chi connectivity index (χ2n) is 6.28. The van der Waals surface area contributed by atoms with Crippen LogP contribution < -0.4 is 10.6 Å². The lowest BCUT2D eigenvalue weighted by molar-refractivity contribution is -0.114. The van der Waals surface area contributed by atoms with Crippen molar-refractivity contribution in [3.05, 3.63) is 65.7 Å². The molecule has 132 valence electrons. The molecule has 5 nitrogen and oxygen atoms in total. The maximum Gasteiger partial charge on any atom is 0.251 e. The van der Waals surface area contributed by atoms with E-state index in [0.717, 1.165) is 6.42 Å². The highest BCUT2D eigenvalue weighted by Crippen LogP contribution is 2.10. The second kappa shape index (κ2) is 8.99. The van der Waals surface area contributed by atoms with E-state index in [1.165, 1.54) is 12.5 Å². The minimum atomic E-state index is -0.132. The van der Waals surface area contributed by atoms with Crippen molar-refractivity contribution < 1.29 is 9.59 Å². The Bertz CT molecular complexity index is 697. The Kier molecular flexibility index (Phi) is 6.71. The number of rotatable bonds is 7. The summed E-state index contributed by atoms with van der Waals surface area (Å²) in [5, 5.41) is 5.68. The average Bonchev–Trinajstić information content (AvgIpc) is 2.59. The van der Waals surface area contributed by atoms with Crippen molar-refractivity contribution in [1.29, 1.82) is 0 Å². The maximum atomic E-state index is 12.3. The Balaban J connectivity index is 1.93. The van der Waals surface area contributed by atoms with Crippen molar-refractivity contribution in [1.82, 2.24) is 10.2 Å². The lowest BCUT2D eigenvalue weighted by Gasteiger charge is -2.24. The van der Waals surface area contributed by atoms with Gasteiger partial charge in [-0.05, 0) is 50.3 Å². The Hall–Kier alpha value is -2.66. The molecule has 0 aliphatic heterocycles. The topological polar surface area (TPSA) is 61.4 Å². The molecule has 25 heavy (non-hydrogen) atoms. The summed E-state index contributed by atoms with van der Waals surface area (Å²) in [7, 11) is 4.03. The molecule has 0 aliphatic carbocycles. The number of anilines is 1. The van der Waals surface area contributed by atoms with Gasteiger partial charge in [-0.2, -0.15) is 0 Å². The molecule has 2 aromatic rings. The number of carbonyl (C=O) groups is 2. The highest BCUT2D eigenvalue weighted by atomic mass is 16.2. The van der Waals surface area contributed by atoms with Crippen molar-refractivity contribution in [3.63, 3.8) is 0 Å². The Morgan fingerprint density at radius 3 is 2.20 bits per heavy atom. The van der Waals surface area contributed by atoms with Crippen molar-refractivity contribution in [3.8, 4) is 0 Å². The summed E-state index contributed by atoms with van der Waals surface area (Å²) in [6.07, 6.45) is 0.871. The lowest BCUT2D eigenvalue weighted by atomic mass is 10.0. The minimum Gasteiger partial charge on any atom is -0.350 e. The fourth-order valence-electron chi connectivity index (χ4n) is 2.54. The Labute approximate surface area is 149 Å². The van der Waals surface area contributed by atoms with Gasteiger partial charge in [0.05, 0.1) is 0 Å². The van der Waals surface area contributed by atoms with Gasteiger partial charge in [0.2, 0.25) is 5.91 Å². The zero-order chi connectivity index (χ0) is 18.2. The third-order valence-corrected chi connectivity index (χ3v) is 4.01. The molecule has 0 saturated carbocycles. The third-order valence-electron chi connectivity index (χ3n) is 4.01. The highest BCUT2D eigenvalue weighted by Gasteiger charge is 2.14. The first-order valence-electron chi connectivity index (χ1n) is 8.32. The van der Waals surface area contributed by atoms with E-state index in [1.54, 1.807) is 24.3 Å². The Morgan fingerprint density at radius 2 is 1.64 bits per heavy atom.